The molecule has 3 amide bonds. The van der Waals surface area contributed by atoms with Crippen molar-refractivity contribution in [1.82, 2.24) is 15.2 Å². The third-order valence-corrected chi connectivity index (χ3v) is 3.89. The molecule has 1 saturated heterocycles. The monoisotopic (exact) mass is 279 g/mol. The van der Waals surface area contributed by atoms with Gasteiger partial charge in [-0.3, -0.25) is 9.69 Å². The van der Waals surface area contributed by atoms with Gasteiger partial charge in [-0.1, -0.05) is 6.07 Å². The Morgan fingerprint density at radius 1 is 1.37 bits per heavy atom. The Labute approximate surface area is 116 Å². The summed E-state index contributed by atoms with van der Waals surface area (Å²) in [5.74, 6) is 0.675. The minimum Gasteiger partial charge on any atom is -0.324 e. The highest BCUT2D eigenvalue weighted by molar-refractivity contribution is 7.99. The molecule has 0 aliphatic carbocycles. The molecule has 2 rings (SSSR count). The van der Waals surface area contributed by atoms with Crippen molar-refractivity contribution in [2.45, 2.75) is 30.8 Å². The van der Waals surface area contributed by atoms with Crippen molar-refractivity contribution in [3.8, 4) is 0 Å². The number of hydrogen-bond acceptors (Lipinski definition) is 4. The Hall–Kier alpha value is -1.56. The number of amides is 3. The maximum Gasteiger partial charge on any atom is 0.325 e. The highest BCUT2D eigenvalue weighted by Gasteiger charge is 2.43. The topological polar surface area (TPSA) is 62.3 Å². The molecule has 1 aromatic rings. The molecule has 0 radical (unpaired) electrons. The predicted octanol–water partition coefficient (Wildman–Crippen LogP) is 1.89. The second-order valence-electron chi connectivity index (χ2n) is 4.88. The molecule has 2 heterocycles. The highest BCUT2D eigenvalue weighted by Crippen LogP contribution is 2.19. The number of urea groups is 1. The van der Waals surface area contributed by atoms with Crippen LogP contribution in [0.15, 0.2) is 29.4 Å². The van der Waals surface area contributed by atoms with Crippen molar-refractivity contribution < 1.29 is 9.59 Å². The van der Waals surface area contributed by atoms with Gasteiger partial charge >= 0.3 is 6.03 Å². The molecule has 1 aliphatic heterocycles. The van der Waals surface area contributed by atoms with E-state index in [1.165, 1.54) is 4.90 Å². The lowest BCUT2D eigenvalue weighted by Gasteiger charge is -2.15. The number of pyridine rings is 1. The Morgan fingerprint density at radius 2 is 2.16 bits per heavy atom. The van der Waals surface area contributed by atoms with E-state index in [0.29, 0.717) is 6.54 Å². The number of imide groups is 1. The lowest BCUT2D eigenvalue weighted by molar-refractivity contribution is -0.130. The van der Waals surface area contributed by atoms with Gasteiger partial charge in [0.25, 0.3) is 5.91 Å². The molecule has 5 nitrogen and oxygen atoms in total. The number of nitrogens with zero attached hydrogens (tertiary/aromatic N) is 2. The standard InChI is InChI=1S/C13H17N3O2S/c1-13(2)11(17)16(12(18)15-13)8-5-9-19-10-6-3-4-7-14-10/h3-4,6-7H,5,8-9H2,1-2H3,(H,15,18). The lowest BCUT2D eigenvalue weighted by atomic mass is 10.1. The molecule has 0 aromatic carbocycles. The Morgan fingerprint density at radius 3 is 2.74 bits per heavy atom. The van der Waals surface area contributed by atoms with Crippen LogP contribution in [0.1, 0.15) is 20.3 Å². The van der Waals surface area contributed by atoms with Gasteiger partial charge in [-0.2, -0.15) is 0 Å². The van der Waals surface area contributed by atoms with Crippen LogP contribution in [0, 0.1) is 0 Å². The third-order valence-electron chi connectivity index (χ3n) is 2.86. The number of hydrogen-bond donors (Lipinski definition) is 1. The van der Waals surface area contributed by atoms with E-state index < -0.39 is 5.54 Å². The first-order valence-corrected chi connectivity index (χ1v) is 7.17. The number of rotatable bonds is 5. The molecule has 1 aromatic heterocycles. The van der Waals surface area contributed by atoms with Crippen molar-refractivity contribution >= 4 is 23.7 Å². The Kier molecular flexibility index (Phi) is 4.09. The van der Waals surface area contributed by atoms with Gasteiger partial charge in [0, 0.05) is 18.5 Å². The Balaban J connectivity index is 1.77. The number of thioether (sulfide) groups is 1. The molecule has 19 heavy (non-hydrogen) atoms. The first-order chi connectivity index (χ1) is 9.00. The molecule has 0 saturated carbocycles. The van der Waals surface area contributed by atoms with Gasteiger partial charge in [-0.05, 0) is 32.4 Å². The van der Waals surface area contributed by atoms with Gasteiger partial charge in [0.15, 0.2) is 0 Å². The van der Waals surface area contributed by atoms with E-state index in [2.05, 4.69) is 10.3 Å². The quantitative estimate of drug-likeness (QED) is 0.508. The smallest absolute Gasteiger partial charge is 0.324 e. The van der Waals surface area contributed by atoms with Crippen LogP contribution in [0.4, 0.5) is 4.79 Å². The first-order valence-electron chi connectivity index (χ1n) is 6.18. The van der Waals surface area contributed by atoms with Gasteiger partial charge < -0.3 is 5.32 Å². The molecule has 0 unspecified atom stereocenters. The second kappa shape index (κ2) is 5.61. The molecular formula is C13H17N3O2S. The molecule has 0 bridgehead atoms. The van der Waals surface area contributed by atoms with Crippen molar-refractivity contribution in [1.29, 1.82) is 0 Å². The summed E-state index contributed by atoms with van der Waals surface area (Å²) >= 11 is 1.63. The molecule has 102 valence electrons. The van der Waals surface area contributed by atoms with Gasteiger partial charge in [-0.25, -0.2) is 9.78 Å². The van der Waals surface area contributed by atoms with Crippen molar-refractivity contribution in [3.63, 3.8) is 0 Å². The minimum atomic E-state index is -0.773. The maximum atomic E-state index is 11.9. The van der Waals surface area contributed by atoms with Crippen LogP contribution in [0.2, 0.25) is 0 Å². The zero-order valence-corrected chi connectivity index (χ0v) is 11.9. The fraction of sp³-hybridized carbons (Fsp3) is 0.462. The van der Waals surface area contributed by atoms with Crippen LogP contribution in [-0.4, -0.2) is 39.7 Å². The van der Waals surface area contributed by atoms with Crippen LogP contribution in [-0.2, 0) is 4.79 Å². The number of nitrogens with one attached hydrogen (secondary N) is 1. The fourth-order valence-corrected chi connectivity index (χ4v) is 2.65. The van der Waals surface area contributed by atoms with Crippen LogP contribution in [0.3, 0.4) is 0 Å². The number of aromatic nitrogens is 1. The normalized spacial score (nSPS) is 17.7. The first kappa shape index (κ1) is 13.9. The van der Waals surface area contributed by atoms with Crippen molar-refractivity contribution in [2.75, 3.05) is 12.3 Å². The van der Waals surface area contributed by atoms with E-state index in [1.807, 2.05) is 18.2 Å². The van der Waals surface area contributed by atoms with Gasteiger partial charge in [0.1, 0.15) is 5.54 Å². The van der Waals surface area contributed by atoms with Crippen LogP contribution < -0.4 is 5.32 Å². The summed E-state index contributed by atoms with van der Waals surface area (Å²) in [5.41, 5.74) is -0.773. The predicted molar refractivity (Wildman–Crippen MR) is 73.9 cm³/mol. The molecule has 1 aliphatic rings. The number of carbonyl (C=O) groups is 2. The van der Waals surface area contributed by atoms with Gasteiger partial charge in [-0.15, -0.1) is 11.8 Å². The zero-order valence-electron chi connectivity index (χ0n) is 11.0. The summed E-state index contributed by atoms with van der Waals surface area (Å²) in [6, 6.07) is 5.47. The average Bonchev–Trinajstić information content (AvgIpc) is 2.57. The molecule has 1 N–H and O–H groups in total. The maximum absolute atomic E-state index is 11.9. The van der Waals surface area contributed by atoms with Crippen molar-refractivity contribution in [2.24, 2.45) is 0 Å². The average molecular weight is 279 g/mol. The lowest BCUT2D eigenvalue weighted by Crippen LogP contribution is -2.40. The van der Waals surface area contributed by atoms with Crippen LogP contribution in [0.25, 0.3) is 0 Å². The summed E-state index contributed by atoms with van der Waals surface area (Å²) in [7, 11) is 0. The largest absolute Gasteiger partial charge is 0.325 e. The van der Waals surface area contributed by atoms with Crippen molar-refractivity contribution in [3.05, 3.63) is 24.4 Å². The number of carbonyl (C=O) groups excluding carboxylic acids is 2. The molecule has 0 atom stereocenters. The summed E-state index contributed by atoms with van der Waals surface area (Å²) in [6.07, 6.45) is 2.51. The summed E-state index contributed by atoms with van der Waals surface area (Å²) in [6.45, 7) is 3.89. The Bertz CT molecular complexity index is 476. The second-order valence-corrected chi connectivity index (χ2v) is 6.00. The summed E-state index contributed by atoms with van der Waals surface area (Å²) in [5, 5.41) is 3.63. The molecule has 6 heteroatoms. The van der Waals surface area contributed by atoms with Gasteiger partial charge in [0.05, 0.1) is 5.03 Å². The summed E-state index contributed by atoms with van der Waals surface area (Å²) < 4.78 is 0. The minimum absolute atomic E-state index is 0.152. The van der Waals surface area contributed by atoms with E-state index in [9.17, 15) is 9.59 Å². The third kappa shape index (κ3) is 3.26. The van der Waals surface area contributed by atoms with Crippen LogP contribution in [0.5, 0.6) is 0 Å². The molecular weight excluding hydrogens is 262 g/mol. The van der Waals surface area contributed by atoms with E-state index in [4.69, 9.17) is 0 Å². The van der Waals surface area contributed by atoms with E-state index >= 15 is 0 Å². The van der Waals surface area contributed by atoms with E-state index in [-0.39, 0.29) is 11.9 Å². The summed E-state index contributed by atoms with van der Waals surface area (Å²) in [4.78, 5) is 29.1. The van der Waals surface area contributed by atoms with Gasteiger partial charge in [0.2, 0.25) is 0 Å². The molecule has 0 spiro atoms. The SMILES string of the molecule is CC1(C)NC(=O)N(CCCSc2ccccn2)C1=O. The van der Waals surface area contributed by atoms with Crippen LogP contribution >= 0.6 is 11.8 Å². The van der Waals surface area contributed by atoms with E-state index in [1.54, 1.807) is 31.8 Å². The molecule has 1 fully saturated rings. The fourth-order valence-electron chi connectivity index (χ4n) is 1.85. The zero-order chi connectivity index (χ0) is 13.9. The van der Waals surface area contributed by atoms with E-state index in [0.717, 1.165) is 17.2 Å². The highest BCUT2D eigenvalue weighted by atomic mass is 32.2.